The molecule has 0 saturated heterocycles. The van der Waals surface area contributed by atoms with Crippen LogP contribution in [0.2, 0.25) is 0 Å². The third-order valence-corrected chi connectivity index (χ3v) is 6.50. The maximum absolute atomic E-state index is 13.0. The largest absolute Gasteiger partial charge is 0.497 e. The van der Waals surface area contributed by atoms with Gasteiger partial charge in [0.15, 0.2) is 0 Å². The van der Waals surface area contributed by atoms with Crippen LogP contribution >= 0.6 is 27.3 Å². The molecular formula is C23H26BrN5O4S. The second-order valence-electron chi connectivity index (χ2n) is 7.47. The number of anilines is 2. The molecule has 11 heteroatoms. The third-order valence-electron chi connectivity index (χ3n) is 5.12. The summed E-state index contributed by atoms with van der Waals surface area (Å²) in [5.74, 6) is 0.569. The Morgan fingerprint density at radius 3 is 2.38 bits per heavy atom. The number of amides is 3. The molecule has 3 amide bonds. The van der Waals surface area contributed by atoms with Crippen molar-refractivity contribution in [3.05, 3.63) is 46.9 Å². The van der Waals surface area contributed by atoms with Crippen LogP contribution < -0.4 is 25.4 Å². The van der Waals surface area contributed by atoms with E-state index in [0.717, 1.165) is 10.0 Å². The Hall–Kier alpha value is -3.18. The first kappa shape index (κ1) is 25.4. The zero-order valence-corrected chi connectivity index (χ0v) is 21.6. The summed E-state index contributed by atoms with van der Waals surface area (Å²) in [5.41, 5.74) is 1.36. The van der Waals surface area contributed by atoms with E-state index in [2.05, 4.69) is 42.1 Å². The molecule has 1 heterocycles. The van der Waals surface area contributed by atoms with Gasteiger partial charge in [0, 0.05) is 33.9 Å². The first-order chi connectivity index (χ1) is 16.3. The summed E-state index contributed by atoms with van der Waals surface area (Å²) in [6, 6.07) is 11.4. The van der Waals surface area contributed by atoms with Gasteiger partial charge in [0.05, 0.1) is 14.2 Å². The van der Waals surface area contributed by atoms with Gasteiger partial charge in [-0.1, -0.05) is 59.7 Å². The molecule has 0 aliphatic heterocycles. The number of hydrogen-bond donors (Lipinski definition) is 3. The molecule has 0 aliphatic carbocycles. The molecule has 3 N–H and O–H groups in total. The predicted octanol–water partition coefficient (Wildman–Crippen LogP) is 5.16. The Bertz CT molecular complexity index is 1130. The number of benzene rings is 2. The number of carbonyl (C=O) groups excluding carboxylic acids is 2. The molecule has 3 aromatic rings. The van der Waals surface area contributed by atoms with Crippen molar-refractivity contribution in [3.8, 4) is 22.1 Å². The molecule has 0 spiro atoms. The van der Waals surface area contributed by atoms with E-state index in [4.69, 9.17) is 9.47 Å². The van der Waals surface area contributed by atoms with E-state index in [9.17, 15) is 9.59 Å². The van der Waals surface area contributed by atoms with Crippen LogP contribution in [0.1, 0.15) is 20.3 Å². The minimum Gasteiger partial charge on any atom is -0.497 e. The molecule has 0 bridgehead atoms. The van der Waals surface area contributed by atoms with Crippen LogP contribution in [0.5, 0.6) is 11.5 Å². The summed E-state index contributed by atoms with van der Waals surface area (Å²) in [4.78, 5) is 25.7. The van der Waals surface area contributed by atoms with Crippen molar-refractivity contribution in [2.75, 3.05) is 24.9 Å². The van der Waals surface area contributed by atoms with Crippen LogP contribution in [0.15, 0.2) is 46.9 Å². The fraction of sp³-hybridized carbons (Fsp3) is 0.304. The van der Waals surface area contributed by atoms with Gasteiger partial charge >= 0.3 is 6.03 Å². The van der Waals surface area contributed by atoms with E-state index in [-0.39, 0.29) is 11.8 Å². The van der Waals surface area contributed by atoms with Gasteiger partial charge in [0.2, 0.25) is 11.0 Å². The van der Waals surface area contributed by atoms with Crippen molar-refractivity contribution in [3.63, 3.8) is 0 Å². The number of hydrogen-bond acceptors (Lipinski definition) is 7. The quantitative estimate of drug-likeness (QED) is 0.341. The highest BCUT2D eigenvalue weighted by molar-refractivity contribution is 9.10. The number of urea groups is 1. The third kappa shape index (κ3) is 6.67. The number of methoxy groups -OCH3 is 2. The molecule has 2 aromatic carbocycles. The van der Waals surface area contributed by atoms with E-state index < -0.39 is 12.1 Å². The van der Waals surface area contributed by atoms with Crippen molar-refractivity contribution >= 4 is 50.0 Å². The van der Waals surface area contributed by atoms with Crippen LogP contribution in [0.25, 0.3) is 10.6 Å². The molecule has 0 aliphatic rings. The van der Waals surface area contributed by atoms with Crippen LogP contribution in [-0.2, 0) is 4.79 Å². The van der Waals surface area contributed by atoms with E-state index in [1.54, 1.807) is 18.2 Å². The standard InChI is InChI=1S/C23H26BrN5O4S/c1-5-13(2)19(26-22(31)25-16-10-17(32-3)12-18(11-16)33-4)20(30)27-23-29-28-21(34-23)14-7-6-8-15(24)9-14/h6-13,19H,5H2,1-4H3,(H2,25,26,31)(H,27,29,30). The van der Waals surface area contributed by atoms with Gasteiger partial charge in [-0.2, -0.15) is 0 Å². The molecule has 2 atom stereocenters. The number of carbonyl (C=O) groups is 2. The zero-order valence-electron chi connectivity index (χ0n) is 19.2. The van der Waals surface area contributed by atoms with Gasteiger partial charge in [-0.25, -0.2) is 4.79 Å². The minimum absolute atomic E-state index is 0.122. The Balaban J connectivity index is 1.70. The molecule has 9 nitrogen and oxygen atoms in total. The van der Waals surface area contributed by atoms with Crippen LogP contribution in [0.4, 0.5) is 15.6 Å². The predicted molar refractivity (Wildman–Crippen MR) is 137 cm³/mol. The summed E-state index contributed by atoms with van der Waals surface area (Å²) < 4.78 is 11.4. The highest BCUT2D eigenvalue weighted by Gasteiger charge is 2.27. The van der Waals surface area contributed by atoms with E-state index in [0.29, 0.717) is 33.7 Å². The van der Waals surface area contributed by atoms with Gasteiger partial charge in [-0.3, -0.25) is 10.1 Å². The number of nitrogens with one attached hydrogen (secondary N) is 3. The molecule has 180 valence electrons. The van der Waals surface area contributed by atoms with Gasteiger partial charge < -0.3 is 20.1 Å². The van der Waals surface area contributed by atoms with Crippen molar-refractivity contribution in [2.24, 2.45) is 5.92 Å². The SMILES string of the molecule is CCC(C)C(NC(=O)Nc1cc(OC)cc(OC)c1)C(=O)Nc1nnc(-c2cccc(Br)c2)s1. The first-order valence-corrected chi connectivity index (χ1v) is 12.1. The lowest BCUT2D eigenvalue weighted by Gasteiger charge is -2.23. The van der Waals surface area contributed by atoms with E-state index in [1.807, 2.05) is 38.1 Å². The number of halogens is 1. The summed E-state index contributed by atoms with van der Waals surface area (Å²) in [6.07, 6.45) is 0.685. The number of aromatic nitrogens is 2. The highest BCUT2D eigenvalue weighted by atomic mass is 79.9. The molecular weight excluding hydrogens is 522 g/mol. The second kappa shape index (κ2) is 11.8. The van der Waals surface area contributed by atoms with Gasteiger partial charge in [-0.15, -0.1) is 10.2 Å². The van der Waals surface area contributed by atoms with Gasteiger partial charge in [0.25, 0.3) is 0 Å². The summed E-state index contributed by atoms with van der Waals surface area (Å²) in [7, 11) is 3.05. The fourth-order valence-corrected chi connectivity index (χ4v) is 4.23. The maximum atomic E-state index is 13.0. The second-order valence-corrected chi connectivity index (χ2v) is 9.37. The van der Waals surface area contributed by atoms with Crippen LogP contribution in [0, 0.1) is 5.92 Å². The molecule has 2 unspecified atom stereocenters. The summed E-state index contributed by atoms with van der Waals surface area (Å²) in [6.45, 7) is 3.85. The molecule has 0 saturated carbocycles. The van der Waals surface area contributed by atoms with Crippen molar-refractivity contribution in [2.45, 2.75) is 26.3 Å². The molecule has 1 aromatic heterocycles. The average Bonchev–Trinajstić information content (AvgIpc) is 3.30. The van der Waals surface area contributed by atoms with Gasteiger partial charge in [-0.05, 0) is 18.1 Å². The van der Waals surface area contributed by atoms with Crippen molar-refractivity contribution in [1.82, 2.24) is 15.5 Å². The van der Waals surface area contributed by atoms with Crippen molar-refractivity contribution < 1.29 is 19.1 Å². The normalized spacial score (nSPS) is 12.4. The van der Waals surface area contributed by atoms with Crippen LogP contribution in [-0.4, -0.2) is 42.4 Å². The van der Waals surface area contributed by atoms with E-state index in [1.165, 1.54) is 25.6 Å². The minimum atomic E-state index is -0.782. The summed E-state index contributed by atoms with van der Waals surface area (Å²) in [5, 5.41) is 17.5. The lowest BCUT2D eigenvalue weighted by molar-refractivity contribution is -0.119. The topological polar surface area (TPSA) is 114 Å². The molecule has 3 rings (SSSR count). The monoisotopic (exact) mass is 547 g/mol. The zero-order chi connectivity index (χ0) is 24.7. The Morgan fingerprint density at radius 1 is 1.06 bits per heavy atom. The number of ether oxygens (including phenoxy) is 2. The van der Waals surface area contributed by atoms with Crippen LogP contribution in [0.3, 0.4) is 0 Å². The first-order valence-electron chi connectivity index (χ1n) is 10.5. The number of rotatable bonds is 9. The summed E-state index contributed by atoms with van der Waals surface area (Å²) >= 11 is 4.70. The Morgan fingerprint density at radius 2 is 1.76 bits per heavy atom. The highest BCUT2D eigenvalue weighted by Crippen LogP contribution is 2.29. The fourth-order valence-electron chi connectivity index (χ4n) is 3.08. The van der Waals surface area contributed by atoms with Crippen molar-refractivity contribution in [1.29, 1.82) is 0 Å². The Kier molecular flexibility index (Phi) is 8.83. The molecule has 34 heavy (non-hydrogen) atoms. The maximum Gasteiger partial charge on any atom is 0.319 e. The smallest absolute Gasteiger partial charge is 0.319 e. The molecule has 0 radical (unpaired) electrons. The lowest BCUT2D eigenvalue weighted by Crippen LogP contribution is -2.49. The van der Waals surface area contributed by atoms with Gasteiger partial charge in [0.1, 0.15) is 22.5 Å². The van der Waals surface area contributed by atoms with E-state index >= 15 is 0 Å². The Labute approximate surface area is 210 Å². The average molecular weight is 548 g/mol. The molecule has 0 fully saturated rings. The lowest BCUT2D eigenvalue weighted by atomic mass is 9.98. The number of nitrogens with zero attached hydrogens (tertiary/aromatic N) is 2.